The SMILES string of the molecule is CC(C)(C)OC(=O)N1CCc2cc(Nc3ncc(C(N)=O)cc3Cl)ccc21. The molecule has 0 atom stereocenters. The number of fused-ring (bicyclic) bond motifs is 1. The van der Waals surface area contributed by atoms with Crippen molar-refractivity contribution < 1.29 is 14.3 Å². The summed E-state index contributed by atoms with van der Waals surface area (Å²) in [4.78, 5) is 29.3. The molecule has 27 heavy (non-hydrogen) atoms. The number of halogens is 1. The van der Waals surface area contributed by atoms with Crippen molar-refractivity contribution in [2.75, 3.05) is 16.8 Å². The predicted molar refractivity (Wildman–Crippen MR) is 105 cm³/mol. The number of anilines is 3. The second-order valence-electron chi connectivity index (χ2n) is 7.27. The molecule has 0 bridgehead atoms. The maximum atomic E-state index is 12.4. The molecule has 1 aliphatic rings. The van der Waals surface area contributed by atoms with E-state index in [9.17, 15) is 9.59 Å². The van der Waals surface area contributed by atoms with Crippen molar-refractivity contribution >= 4 is 40.8 Å². The number of aromatic nitrogens is 1. The van der Waals surface area contributed by atoms with Gasteiger partial charge in [0.2, 0.25) is 5.91 Å². The maximum Gasteiger partial charge on any atom is 0.414 e. The number of nitrogens with two attached hydrogens (primary N) is 1. The summed E-state index contributed by atoms with van der Waals surface area (Å²) >= 11 is 6.16. The van der Waals surface area contributed by atoms with Crippen LogP contribution in [-0.4, -0.2) is 29.1 Å². The summed E-state index contributed by atoms with van der Waals surface area (Å²) in [5, 5.41) is 3.41. The number of carbonyl (C=O) groups excluding carboxylic acids is 2. The largest absolute Gasteiger partial charge is 0.443 e. The highest BCUT2D eigenvalue weighted by Gasteiger charge is 2.29. The van der Waals surface area contributed by atoms with Gasteiger partial charge in [-0.15, -0.1) is 0 Å². The highest BCUT2D eigenvalue weighted by atomic mass is 35.5. The topological polar surface area (TPSA) is 97.6 Å². The maximum absolute atomic E-state index is 12.4. The Morgan fingerprint density at radius 2 is 2.04 bits per heavy atom. The Hall–Kier alpha value is -2.80. The van der Waals surface area contributed by atoms with E-state index < -0.39 is 11.5 Å². The second-order valence-corrected chi connectivity index (χ2v) is 7.68. The molecule has 0 spiro atoms. The molecular weight excluding hydrogens is 368 g/mol. The van der Waals surface area contributed by atoms with Gasteiger partial charge in [-0.2, -0.15) is 0 Å². The van der Waals surface area contributed by atoms with Crippen molar-refractivity contribution in [1.82, 2.24) is 4.98 Å². The lowest BCUT2D eigenvalue weighted by atomic mass is 10.1. The van der Waals surface area contributed by atoms with Gasteiger partial charge in [0.1, 0.15) is 11.4 Å². The lowest BCUT2D eigenvalue weighted by Crippen LogP contribution is -2.35. The molecule has 8 heteroatoms. The molecule has 1 aromatic heterocycles. The smallest absolute Gasteiger partial charge is 0.414 e. The summed E-state index contributed by atoms with van der Waals surface area (Å²) in [7, 11) is 0. The molecule has 0 aliphatic carbocycles. The summed E-state index contributed by atoms with van der Waals surface area (Å²) in [5.41, 5.74) is 7.56. The summed E-state index contributed by atoms with van der Waals surface area (Å²) in [5.74, 6) is -0.167. The summed E-state index contributed by atoms with van der Waals surface area (Å²) in [6, 6.07) is 7.11. The monoisotopic (exact) mass is 388 g/mol. The van der Waals surface area contributed by atoms with Gasteiger partial charge in [0.15, 0.2) is 0 Å². The number of carbonyl (C=O) groups is 2. The molecule has 0 saturated carbocycles. The molecule has 3 N–H and O–H groups in total. The Labute approximate surface area is 162 Å². The number of primary amides is 1. The molecule has 2 heterocycles. The average molecular weight is 389 g/mol. The van der Waals surface area contributed by atoms with Crippen LogP contribution in [0.3, 0.4) is 0 Å². The van der Waals surface area contributed by atoms with Gasteiger partial charge in [0.05, 0.1) is 16.3 Å². The molecule has 7 nitrogen and oxygen atoms in total. The lowest BCUT2D eigenvalue weighted by molar-refractivity contribution is 0.0584. The van der Waals surface area contributed by atoms with E-state index in [1.807, 2.05) is 39.0 Å². The number of pyridine rings is 1. The van der Waals surface area contributed by atoms with Gasteiger partial charge in [-0.05, 0) is 57.0 Å². The first-order valence-corrected chi connectivity index (χ1v) is 8.87. The molecule has 1 aromatic carbocycles. The van der Waals surface area contributed by atoms with Gasteiger partial charge in [-0.3, -0.25) is 9.69 Å². The van der Waals surface area contributed by atoms with E-state index in [2.05, 4.69) is 10.3 Å². The molecule has 2 aromatic rings. The van der Waals surface area contributed by atoms with Crippen molar-refractivity contribution in [3.63, 3.8) is 0 Å². The van der Waals surface area contributed by atoms with Crippen LogP contribution in [0.4, 0.5) is 22.0 Å². The molecule has 2 amide bonds. The first kappa shape index (κ1) is 19.0. The van der Waals surface area contributed by atoms with E-state index in [-0.39, 0.29) is 11.7 Å². The van der Waals surface area contributed by atoms with Crippen LogP contribution < -0.4 is 16.0 Å². The second kappa shape index (κ2) is 7.08. The van der Waals surface area contributed by atoms with E-state index in [1.165, 1.54) is 12.3 Å². The standard InChI is InChI=1S/C19H21ClN4O3/c1-19(2,3)27-18(26)24-7-6-11-8-13(4-5-15(11)24)23-17-14(20)9-12(10-22-17)16(21)25/h4-5,8-10H,6-7H2,1-3H3,(H2,21,25)(H,22,23). The number of ether oxygens (including phenoxy) is 1. The van der Waals surface area contributed by atoms with E-state index in [4.69, 9.17) is 22.1 Å². The van der Waals surface area contributed by atoms with Crippen LogP contribution in [0, 0.1) is 0 Å². The average Bonchev–Trinajstić information content (AvgIpc) is 2.98. The molecule has 1 aliphatic heterocycles. The number of amides is 2. The van der Waals surface area contributed by atoms with Gasteiger partial charge >= 0.3 is 6.09 Å². The van der Waals surface area contributed by atoms with Crippen LogP contribution in [0.1, 0.15) is 36.7 Å². The molecule has 0 unspecified atom stereocenters. The Bertz CT molecular complexity index is 908. The first-order valence-electron chi connectivity index (χ1n) is 8.50. The molecule has 3 rings (SSSR count). The van der Waals surface area contributed by atoms with Crippen molar-refractivity contribution in [2.24, 2.45) is 5.73 Å². The summed E-state index contributed by atoms with van der Waals surface area (Å²) in [6.45, 7) is 6.10. The van der Waals surface area contributed by atoms with E-state index >= 15 is 0 Å². The molecule has 0 saturated heterocycles. The van der Waals surface area contributed by atoms with Crippen LogP contribution in [0.25, 0.3) is 0 Å². The minimum atomic E-state index is -0.587. The summed E-state index contributed by atoms with van der Waals surface area (Å²) < 4.78 is 5.46. The minimum Gasteiger partial charge on any atom is -0.443 e. The lowest BCUT2D eigenvalue weighted by Gasteiger charge is -2.24. The van der Waals surface area contributed by atoms with Crippen molar-refractivity contribution in [3.8, 4) is 0 Å². The zero-order valence-electron chi connectivity index (χ0n) is 15.4. The minimum absolute atomic E-state index is 0.243. The van der Waals surface area contributed by atoms with Gasteiger partial charge in [-0.1, -0.05) is 11.6 Å². The Morgan fingerprint density at radius 1 is 1.30 bits per heavy atom. The fraction of sp³-hybridized carbons (Fsp3) is 0.316. The Morgan fingerprint density at radius 3 is 2.67 bits per heavy atom. The Kier molecular flexibility index (Phi) is 4.97. The third kappa shape index (κ3) is 4.31. The molecular formula is C19H21ClN4O3. The molecule has 0 fully saturated rings. The van der Waals surface area contributed by atoms with Crippen molar-refractivity contribution in [3.05, 3.63) is 46.6 Å². The van der Waals surface area contributed by atoms with Crippen LogP contribution in [0.15, 0.2) is 30.5 Å². The van der Waals surface area contributed by atoms with E-state index in [0.29, 0.717) is 17.4 Å². The number of hydrogen-bond donors (Lipinski definition) is 2. The van der Waals surface area contributed by atoms with Gasteiger partial charge in [0.25, 0.3) is 0 Å². The van der Waals surface area contributed by atoms with Crippen molar-refractivity contribution in [2.45, 2.75) is 32.8 Å². The van der Waals surface area contributed by atoms with Gasteiger partial charge < -0.3 is 15.8 Å². The van der Waals surface area contributed by atoms with Crippen LogP contribution in [0.5, 0.6) is 0 Å². The van der Waals surface area contributed by atoms with Crippen molar-refractivity contribution in [1.29, 1.82) is 0 Å². The van der Waals surface area contributed by atoms with Gasteiger partial charge in [-0.25, -0.2) is 9.78 Å². The zero-order valence-corrected chi connectivity index (χ0v) is 16.1. The Balaban J connectivity index is 1.78. The zero-order chi connectivity index (χ0) is 19.8. The summed E-state index contributed by atoms with van der Waals surface area (Å²) in [6.07, 6.45) is 1.74. The third-order valence-electron chi connectivity index (χ3n) is 3.98. The molecule has 0 radical (unpaired) electrons. The number of nitrogens with one attached hydrogen (secondary N) is 1. The van der Waals surface area contributed by atoms with Gasteiger partial charge in [0, 0.05) is 18.4 Å². The quantitative estimate of drug-likeness (QED) is 0.831. The number of rotatable bonds is 3. The number of nitrogens with zero attached hydrogens (tertiary/aromatic N) is 2. The third-order valence-corrected chi connectivity index (χ3v) is 4.27. The fourth-order valence-corrected chi connectivity index (χ4v) is 3.00. The highest BCUT2D eigenvalue weighted by Crippen LogP contribution is 2.33. The van der Waals surface area contributed by atoms with E-state index in [1.54, 1.807) is 4.90 Å². The van der Waals surface area contributed by atoms with Crippen LogP contribution >= 0.6 is 11.6 Å². The van der Waals surface area contributed by atoms with E-state index in [0.717, 1.165) is 23.4 Å². The molecule has 142 valence electrons. The van der Waals surface area contributed by atoms with Crippen LogP contribution in [-0.2, 0) is 11.2 Å². The highest BCUT2D eigenvalue weighted by molar-refractivity contribution is 6.33. The normalized spacial score (nSPS) is 13.3. The first-order chi connectivity index (χ1) is 12.6. The van der Waals surface area contributed by atoms with Crippen LogP contribution in [0.2, 0.25) is 5.02 Å². The fourth-order valence-electron chi connectivity index (χ4n) is 2.79. The number of benzene rings is 1. The number of hydrogen-bond acceptors (Lipinski definition) is 5. The predicted octanol–water partition coefficient (Wildman–Crippen LogP) is 3.88.